The molecule has 0 spiro atoms. The molecule has 3 heterocycles. The quantitative estimate of drug-likeness (QED) is 0.318. The van der Waals surface area contributed by atoms with Gasteiger partial charge >= 0.3 is 0 Å². The molecule has 3 aromatic rings. The molecular weight excluding hydrogens is 536 g/mol. The maximum Gasteiger partial charge on any atom is 0.104 e. The third-order valence-electron chi connectivity index (χ3n) is 10.3. The van der Waals surface area contributed by atoms with Crippen LogP contribution in [-0.2, 0) is 38.9 Å². The van der Waals surface area contributed by atoms with Crippen LogP contribution in [0, 0.1) is 20.8 Å². The number of hydrogen-bond donors (Lipinski definition) is 1. The van der Waals surface area contributed by atoms with Crippen molar-refractivity contribution < 1.29 is 13.4 Å². The van der Waals surface area contributed by atoms with E-state index in [0.717, 1.165) is 21.9 Å². The number of aryl methyl sites for hydroxylation is 3. The van der Waals surface area contributed by atoms with E-state index < -0.39 is 0 Å². The average Bonchev–Trinajstić information content (AvgIpc) is 2.97. The summed E-state index contributed by atoms with van der Waals surface area (Å²) in [6, 6.07) is 20.7. The lowest BCUT2D eigenvalue weighted by atomic mass is 9.96. The minimum Gasteiger partial charge on any atom is -0.330 e. The van der Waals surface area contributed by atoms with Crippen molar-refractivity contribution in [3.63, 3.8) is 0 Å². The number of rotatable bonds is 5. The molecule has 0 fully saturated rings. The molecule has 0 aliphatic carbocycles. The molecule has 240 valence electrons. The van der Waals surface area contributed by atoms with Gasteiger partial charge in [-0.25, -0.2) is 0 Å². The molecule has 0 radical (unpaired) electrons. The molecule has 4 nitrogen and oxygen atoms in total. The molecule has 2 N–H and O–H groups in total. The molecule has 44 heavy (non-hydrogen) atoms. The monoisotopic (exact) mass is 600 g/mol. The maximum absolute atomic E-state index is 5.61. The number of likely N-dealkylation sites (N-methyl/N-ethyl adjacent to an activating group) is 3. The van der Waals surface area contributed by atoms with Gasteiger partial charge in [-0.2, -0.15) is 0 Å². The Morgan fingerprint density at radius 2 is 0.955 bits per heavy atom. The second-order valence-corrected chi connectivity index (χ2v) is 15.5. The van der Waals surface area contributed by atoms with Crippen LogP contribution in [0.5, 0.6) is 0 Å². The molecular formula is C40H63N4+3. The van der Waals surface area contributed by atoms with Gasteiger partial charge in [-0.05, 0) is 50.4 Å². The van der Waals surface area contributed by atoms with E-state index in [4.69, 9.17) is 5.73 Å². The molecule has 3 aliphatic rings. The molecule has 0 saturated carbocycles. The van der Waals surface area contributed by atoms with Crippen LogP contribution < -0.4 is 5.73 Å². The summed E-state index contributed by atoms with van der Waals surface area (Å²) in [5.41, 5.74) is 19.2. The second-order valence-electron chi connectivity index (χ2n) is 15.5. The van der Waals surface area contributed by atoms with Gasteiger partial charge < -0.3 is 19.2 Å². The Kier molecular flexibility index (Phi) is 11.5. The molecule has 0 aromatic heterocycles. The van der Waals surface area contributed by atoms with Crippen molar-refractivity contribution in [3.05, 3.63) is 105 Å². The molecule has 3 aliphatic heterocycles. The van der Waals surface area contributed by atoms with E-state index in [1.807, 2.05) is 0 Å². The van der Waals surface area contributed by atoms with Gasteiger partial charge in [0, 0.05) is 42.4 Å². The Balaban J connectivity index is 0.000000151. The first-order valence-corrected chi connectivity index (χ1v) is 17.3. The molecule has 2 unspecified atom stereocenters. The van der Waals surface area contributed by atoms with E-state index in [-0.39, 0.29) is 0 Å². The summed E-state index contributed by atoms with van der Waals surface area (Å²) in [4.78, 5) is 0. The standard InChI is InChI=1S/C14H23N2.C14H22N.C12H18N/c1-12-4-5-14-11-16(2,8-3-7-15)9-6-13(14)10-12;1-4-8-15(3)9-7-13-10-12(2)5-6-14(13)11-15;1-10-4-5-12-9-13(2,3)7-6-11(12)8-10/h4-5,10H,3,6-9,11,15H2,1-2H3;5-6,10H,4,7-9,11H2,1-3H3;4-5,8H,6-7,9H2,1-3H3/q3*+1. The fourth-order valence-electron chi connectivity index (χ4n) is 7.54. The lowest BCUT2D eigenvalue weighted by molar-refractivity contribution is -0.924. The predicted octanol–water partition coefficient (Wildman–Crippen LogP) is 6.88. The highest BCUT2D eigenvalue weighted by atomic mass is 15.3. The minimum absolute atomic E-state index is 0.814. The van der Waals surface area contributed by atoms with Gasteiger partial charge in [0.15, 0.2) is 0 Å². The smallest absolute Gasteiger partial charge is 0.104 e. The molecule has 0 bridgehead atoms. The van der Waals surface area contributed by atoms with E-state index in [1.165, 1.54) is 105 Å². The van der Waals surface area contributed by atoms with Crippen molar-refractivity contribution in [2.45, 2.75) is 79.4 Å². The summed E-state index contributed by atoms with van der Waals surface area (Å²) in [6.45, 7) is 19.6. The Hall–Kier alpha value is -2.50. The topological polar surface area (TPSA) is 26.0 Å². The van der Waals surface area contributed by atoms with Gasteiger partial charge in [0.25, 0.3) is 0 Å². The van der Waals surface area contributed by atoms with Gasteiger partial charge in [0.05, 0.1) is 60.9 Å². The van der Waals surface area contributed by atoms with E-state index >= 15 is 0 Å². The van der Waals surface area contributed by atoms with Crippen LogP contribution in [0.2, 0.25) is 0 Å². The number of benzene rings is 3. The summed E-state index contributed by atoms with van der Waals surface area (Å²) in [5.74, 6) is 0. The van der Waals surface area contributed by atoms with Gasteiger partial charge in [0.1, 0.15) is 19.6 Å². The van der Waals surface area contributed by atoms with Crippen LogP contribution in [0.4, 0.5) is 0 Å². The third-order valence-corrected chi connectivity index (χ3v) is 10.3. The Morgan fingerprint density at radius 3 is 1.39 bits per heavy atom. The zero-order chi connectivity index (χ0) is 32.0. The normalized spacial score (nSPS) is 23.1. The fraction of sp³-hybridized carbons (Fsp3) is 0.550. The first-order valence-electron chi connectivity index (χ1n) is 17.3. The van der Waals surface area contributed by atoms with Crippen LogP contribution in [0.1, 0.15) is 69.8 Å². The predicted molar refractivity (Wildman–Crippen MR) is 189 cm³/mol. The Labute approximate surface area is 270 Å². The highest BCUT2D eigenvalue weighted by Gasteiger charge is 2.28. The van der Waals surface area contributed by atoms with Gasteiger partial charge in [-0.1, -0.05) is 78.2 Å². The number of nitrogens with zero attached hydrogens (tertiary/aromatic N) is 3. The van der Waals surface area contributed by atoms with Gasteiger partial charge in [-0.3, -0.25) is 0 Å². The first kappa shape index (κ1) is 34.4. The fourth-order valence-corrected chi connectivity index (χ4v) is 7.54. The Morgan fingerprint density at radius 1 is 0.545 bits per heavy atom. The van der Waals surface area contributed by atoms with Crippen molar-refractivity contribution in [1.82, 2.24) is 0 Å². The molecule has 2 atom stereocenters. The number of fused-ring (bicyclic) bond motifs is 3. The molecule has 3 aromatic carbocycles. The van der Waals surface area contributed by atoms with Crippen LogP contribution in [0.15, 0.2) is 54.6 Å². The molecule has 4 heteroatoms. The highest BCUT2D eigenvalue weighted by Crippen LogP contribution is 2.26. The number of hydrogen-bond acceptors (Lipinski definition) is 1. The van der Waals surface area contributed by atoms with Crippen LogP contribution in [-0.4, -0.2) is 80.9 Å². The van der Waals surface area contributed by atoms with Gasteiger partial charge in [0.2, 0.25) is 0 Å². The zero-order valence-corrected chi connectivity index (χ0v) is 29.5. The maximum atomic E-state index is 5.61. The summed E-state index contributed by atoms with van der Waals surface area (Å²) in [5, 5.41) is 0. The summed E-state index contributed by atoms with van der Waals surface area (Å²) in [7, 11) is 9.37. The van der Waals surface area contributed by atoms with Crippen molar-refractivity contribution in [2.24, 2.45) is 5.73 Å². The van der Waals surface area contributed by atoms with Gasteiger partial charge in [-0.15, -0.1) is 0 Å². The first-order chi connectivity index (χ1) is 20.8. The molecule has 6 rings (SSSR count). The van der Waals surface area contributed by atoms with Crippen LogP contribution in [0.3, 0.4) is 0 Å². The Bertz CT molecular complexity index is 1390. The zero-order valence-electron chi connectivity index (χ0n) is 29.5. The number of nitrogens with two attached hydrogens (primary N) is 1. The second kappa shape index (κ2) is 14.7. The van der Waals surface area contributed by atoms with Crippen molar-refractivity contribution in [3.8, 4) is 0 Å². The van der Waals surface area contributed by atoms with E-state index in [9.17, 15) is 0 Å². The summed E-state index contributed by atoms with van der Waals surface area (Å²) < 4.78 is 3.52. The number of quaternary nitrogens is 3. The van der Waals surface area contributed by atoms with Crippen molar-refractivity contribution in [1.29, 1.82) is 0 Å². The molecule has 0 amide bonds. The van der Waals surface area contributed by atoms with Crippen molar-refractivity contribution in [2.75, 3.05) is 67.5 Å². The van der Waals surface area contributed by atoms with Crippen molar-refractivity contribution >= 4 is 0 Å². The van der Waals surface area contributed by atoms with E-state index in [2.05, 4.69) is 110 Å². The lowest BCUT2D eigenvalue weighted by Gasteiger charge is -2.38. The van der Waals surface area contributed by atoms with E-state index in [0.29, 0.717) is 0 Å². The van der Waals surface area contributed by atoms with E-state index in [1.54, 1.807) is 27.8 Å². The average molecular weight is 600 g/mol. The largest absolute Gasteiger partial charge is 0.330 e. The minimum atomic E-state index is 0.814. The molecule has 0 saturated heterocycles. The third kappa shape index (κ3) is 9.50. The summed E-state index contributed by atoms with van der Waals surface area (Å²) >= 11 is 0. The van der Waals surface area contributed by atoms with Crippen LogP contribution >= 0.6 is 0 Å². The lowest BCUT2D eigenvalue weighted by Crippen LogP contribution is -2.48. The summed E-state index contributed by atoms with van der Waals surface area (Å²) in [6.07, 6.45) is 6.14. The SMILES string of the molecule is CCC[N+]1(C)CCc2cc(C)ccc2C1.Cc1ccc2c(c1)CC[N+](C)(C)C2.Cc1ccc2c(c1)CC[N+](C)(CCCN)C2. The highest BCUT2D eigenvalue weighted by molar-refractivity contribution is 5.34. The van der Waals surface area contributed by atoms with Crippen LogP contribution in [0.25, 0.3) is 0 Å².